The summed E-state index contributed by atoms with van der Waals surface area (Å²) in [7, 11) is 0. The second-order valence-electron chi connectivity index (χ2n) is 15.8. The maximum Gasteiger partial charge on any atom is 0.159 e. The van der Waals surface area contributed by atoms with E-state index < -0.39 is 0 Å². The number of nitrogens with one attached hydrogen (secondary N) is 1. The van der Waals surface area contributed by atoms with E-state index in [1.165, 1.54) is 32.8 Å². The molecule has 1 atom stereocenters. The van der Waals surface area contributed by atoms with Gasteiger partial charge in [-0.25, -0.2) is 9.98 Å². The highest BCUT2D eigenvalue weighted by molar-refractivity contribution is 6.17. The van der Waals surface area contributed by atoms with Gasteiger partial charge in [-0.15, -0.1) is 0 Å². The molecular weight excluding hydrogens is 743 g/mol. The minimum atomic E-state index is -0.295. The van der Waals surface area contributed by atoms with Crippen LogP contribution in [0.5, 0.6) is 0 Å². The summed E-state index contributed by atoms with van der Waals surface area (Å²) in [5.74, 6) is 1.49. The average Bonchev–Trinajstić information content (AvgIpc) is 3.72. The Morgan fingerprint density at radius 3 is 1.85 bits per heavy atom. The lowest BCUT2D eigenvalue weighted by Gasteiger charge is -2.24. The van der Waals surface area contributed by atoms with Crippen molar-refractivity contribution in [2.45, 2.75) is 6.17 Å². The van der Waals surface area contributed by atoms with Crippen molar-refractivity contribution in [1.29, 1.82) is 0 Å². The largest absolute Gasteiger partial charge is 0.456 e. The predicted octanol–water partition coefficient (Wildman–Crippen LogP) is 14.5. The van der Waals surface area contributed by atoms with E-state index in [0.29, 0.717) is 5.84 Å². The number of rotatable bonds is 6. The molecule has 286 valence electrons. The molecule has 0 saturated heterocycles. The van der Waals surface area contributed by atoms with Gasteiger partial charge in [-0.1, -0.05) is 176 Å². The molecule has 1 aromatic heterocycles. The fourth-order valence-corrected chi connectivity index (χ4v) is 8.98. The zero-order valence-corrected chi connectivity index (χ0v) is 33.1. The third-order valence-corrected chi connectivity index (χ3v) is 12.1. The number of nitrogens with zero attached hydrogens (tertiary/aromatic N) is 2. The van der Waals surface area contributed by atoms with Crippen LogP contribution in [0.25, 0.3) is 87.6 Å². The minimum Gasteiger partial charge on any atom is -0.456 e. The van der Waals surface area contributed by atoms with Gasteiger partial charge in [0, 0.05) is 21.9 Å². The Kier molecular flexibility index (Phi) is 8.20. The summed E-state index contributed by atoms with van der Waals surface area (Å²) in [5, 5.41) is 13.0. The Morgan fingerprint density at radius 1 is 0.377 bits per heavy atom. The van der Waals surface area contributed by atoms with Crippen LogP contribution >= 0.6 is 0 Å². The van der Waals surface area contributed by atoms with Crippen molar-refractivity contribution in [2.75, 3.05) is 0 Å². The molecule has 10 aromatic carbocycles. The Morgan fingerprint density at radius 2 is 1.00 bits per heavy atom. The molecule has 0 fully saturated rings. The molecule has 1 unspecified atom stereocenters. The zero-order valence-electron chi connectivity index (χ0n) is 33.1. The lowest BCUT2D eigenvalue weighted by molar-refractivity contribution is 0.669. The number of furan rings is 1. The summed E-state index contributed by atoms with van der Waals surface area (Å²) in [5.41, 5.74) is 11.8. The van der Waals surface area contributed by atoms with Gasteiger partial charge in [0.15, 0.2) is 5.84 Å². The van der Waals surface area contributed by atoms with Crippen LogP contribution in [-0.2, 0) is 0 Å². The van der Waals surface area contributed by atoms with Gasteiger partial charge in [0.2, 0.25) is 0 Å². The normalized spacial score (nSPS) is 14.1. The molecule has 11 aromatic rings. The molecule has 4 heteroatoms. The van der Waals surface area contributed by atoms with E-state index in [0.717, 1.165) is 77.3 Å². The topological polar surface area (TPSA) is 49.9 Å². The minimum absolute atomic E-state index is 0.295. The zero-order chi connectivity index (χ0) is 40.3. The first-order chi connectivity index (χ1) is 30.2. The van der Waals surface area contributed by atoms with Crippen LogP contribution in [0.3, 0.4) is 0 Å². The van der Waals surface area contributed by atoms with Crippen molar-refractivity contribution in [2.24, 2.45) is 9.98 Å². The van der Waals surface area contributed by atoms with Crippen LogP contribution in [0.4, 0.5) is 0 Å². The van der Waals surface area contributed by atoms with Crippen molar-refractivity contribution in [3.8, 4) is 33.4 Å². The Balaban J connectivity index is 0.928. The number of hydrogen-bond acceptors (Lipinski definition) is 4. The molecule has 0 saturated carbocycles. The molecule has 0 radical (unpaired) electrons. The highest BCUT2D eigenvalue weighted by Gasteiger charge is 2.22. The summed E-state index contributed by atoms with van der Waals surface area (Å²) in [4.78, 5) is 10.4. The summed E-state index contributed by atoms with van der Waals surface area (Å²) in [6.07, 6.45) is -0.295. The van der Waals surface area contributed by atoms with Gasteiger partial charge in [-0.3, -0.25) is 0 Å². The molecular formula is C57H37N3O. The van der Waals surface area contributed by atoms with Crippen molar-refractivity contribution in [1.82, 2.24) is 5.32 Å². The fraction of sp³-hybridized carbons (Fsp3) is 0.0175. The van der Waals surface area contributed by atoms with Crippen molar-refractivity contribution in [3.63, 3.8) is 0 Å². The fourth-order valence-electron chi connectivity index (χ4n) is 8.98. The number of amidine groups is 2. The van der Waals surface area contributed by atoms with Crippen molar-refractivity contribution < 1.29 is 4.42 Å². The Hall–Kier alpha value is -8.08. The highest BCUT2D eigenvalue weighted by Crippen LogP contribution is 2.40. The lowest BCUT2D eigenvalue weighted by atomic mass is 9.95. The number of fused-ring (bicyclic) bond motifs is 7. The van der Waals surface area contributed by atoms with E-state index in [4.69, 9.17) is 14.4 Å². The second-order valence-corrected chi connectivity index (χ2v) is 15.8. The van der Waals surface area contributed by atoms with Crippen LogP contribution in [0.1, 0.15) is 22.9 Å². The van der Waals surface area contributed by atoms with Crippen LogP contribution in [0, 0.1) is 0 Å². The van der Waals surface area contributed by atoms with Crippen LogP contribution in [0.15, 0.2) is 227 Å². The van der Waals surface area contributed by atoms with Gasteiger partial charge < -0.3 is 9.73 Å². The molecule has 4 nitrogen and oxygen atoms in total. The maximum atomic E-state index is 6.47. The molecule has 2 heterocycles. The molecule has 0 bridgehead atoms. The monoisotopic (exact) mass is 779 g/mol. The summed E-state index contributed by atoms with van der Waals surface area (Å²) in [6.45, 7) is 0. The first kappa shape index (κ1) is 34.9. The van der Waals surface area contributed by atoms with Gasteiger partial charge >= 0.3 is 0 Å². The molecule has 1 N–H and O–H groups in total. The van der Waals surface area contributed by atoms with Crippen molar-refractivity contribution >= 4 is 65.9 Å². The molecule has 61 heavy (non-hydrogen) atoms. The quantitative estimate of drug-likeness (QED) is 0.171. The van der Waals surface area contributed by atoms with Crippen LogP contribution in [0.2, 0.25) is 0 Å². The predicted molar refractivity (Wildman–Crippen MR) is 254 cm³/mol. The molecule has 1 aliphatic rings. The van der Waals surface area contributed by atoms with E-state index in [2.05, 4.69) is 212 Å². The summed E-state index contributed by atoms with van der Waals surface area (Å²) >= 11 is 0. The van der Waals surface area contributed by atoms with Crippen molar-refractivity contribution in [3.05, 3.63) is 229 Å². The second kappa shape index (κ2) is 14.3. The van der Waals surface area contributed by atoms with Crippen LogP contribution in [-0.4, -0.2) is 11.7 Å². The standard InChI is InChI=1S/C57H37N3O/c1-3-10-36(11-4-1)37-18-20-38(21-19-37)42-29-31-52-51(35-42)54-50(16-9-17-53(54)61-52)44-25-22-39-23-27-45(34-47(39)33-44)56-58-55(41-13-5-2-6-14-41)59-57(60-56)46-28-30-49-43(32-46)26-24-40-12-7-8-15-48(40)49/h1-35,55H,(H,58,59,60). The van der Waals surface area contributed by atoms with E-state index in [1.807, 2.05) is 6.07 Å². The Labute approximate surface area is 352 Å². The molecule has 0 amide bonds. The van der Waals surface area contributed by atoms with E-state index in [1.54, 1.807) is 0 Å². The SMILES string of the molecule is c1ccc(-c2ccc(-c3ccc4oc5cccc(-c6ccc7ccc(C8=NC(c9ccc%10c(ccc%11ccccc%11%10)c9)=NC(c9ccccc9)N8)cc7c6)c5c4c3)cc2)cc1. The van der Waals surface area contributed by atoms with E-state index >= 15 is 0 Å². The average molecular weight is 780 g/mol. The number of hydrogen-bond donors (Lipinski definition) is 1. The molecule has 12 rings (SSSR count). The third kappa shape index (κ3) is 6.25. The summed E-state index contributed by atoms with van der Waals surface area (Å²) in [6, 6.07) is 75.4. The molecule has 0 spiro atoms. The molecule has 0 aliphatic carbocycles. The van der Waals surface area contributed by atoms with Gasteiger partial charge in [0.1, 0.15) is 23.2 Å². The first-order valence-corrected chi connectivity index (χ1v) is 20.7. The number of benzene rings is 10. The smallest absolute Gasteiger partial charge is 0.159 e. The third-order valence-electron chi connectivity index (χ3n) is 12.1. The number of aliphatic imine (C=N–C) groups is 2. The Bertz CT molecular complexity index is 3550. The lowest BCUT2D eigenvalue weighted by Crippen LogP contribution is -2.33. The maximum absolute atomic E-state index is 6.47. The van der Waals surface area contributed by atoms with E-state index in [9.17, 15) is 0 Å². The van der Waals surface area contributed by atoms with Crippen LogP contribution < -0.4 is 5.32 Å². The first-order valence-electron chi connectivity index (χ1n) is 20.7. The van der Waals surface area contributed by atoms with Gasteiger partial charge in [0.25, 0.3) is 0 Å². The molecule has 1 aliphatic heterocycles. The van der Waals surface area contributed by atoms with E-state index in [-0.39, 0.29) is 6.17 Å². The summed E-state index contributed by atoms with van der Waals surface area (Å²) < 4.78 is 6.47. The van der Waals surface area contributed by atoms with Gasteiger partial charge in [0.05, 0.1) is 0 Å². The highest BCUT2D eigenvalue weighted by atomic mass is 16.3. The van der Waals surface area contributed by atoms with Gasteiger partial charge in [-0.2, -0.15) is 0 Å². The van der Waals surface area contributed by atoms with Gasteiger partial charge in [-0.05, 0) is 108 Å².